The molecular weight excluding hydrogens is 344 g/mol. The lowest BCUT2D eigenvalue weighted by atomic mass is 9.83. The maximum atomic E-state index is 12.7. The Morgan fingerprint density at radius 3 is 2.85 bits per heavy atom. The van der Waals surface area contributed by atoms with Gasteiger partial charge in [0.25, 0.3) is 5.91 Å². The van der Waals surface area contributed by atoms with Crippen LogP contribution in [-0.4, -0.2) is 74.1 Å². The van der Waals surface area contributed by atoms with Gasteiger partial charge in [-0.3, -0.25) is 9.69 Å². The maximum Gasteiger partial charge on any atom is 0.269 e. The predicted octanol–water partition coefficient (Wildman–Crippen LogP) is 1.28. The SMILES string of the molecule is COCCN1CCC(NCC2CC2)C2(CC(C(=O)NC3CCCC3)=NO2)C1. The lowest BCUT2D eigenvalue weighted by Crippen LogP contribution is -2.62. The Bertz CT molecular complexity index is 559. The van der Waals surface area contributed by atoms with Crippen molar-refractivity contribution in [2.24, 2.45) is 11.1 Å². The Morgan fingerprint density at radius 2 is 2.11 bits per heavy atom. The Hall–Kier alpha value is -1.18. The van der Waals surface area contributed by atoms with E-state index in [0.29, 0.717) is 24.8 Å². The zero-order valence-electron chi connectivity index (χ0n) is 16.5. The Kier molecular flexibility index (Phi) is 5.99. The minimum atomic E-state index is -0.427. The number of oxime groups is 1. The van der Waals surface area contributed by atoms with E-state index in [1.807, 2.05) is 0 Å². The number of piperidine rings is 1. The highest BCUT2D eigenvalue weighted by atomic mass is 16.7. The van der Waals surface area contributed by atoms with Crippen molar-refractivity contribution in [3.63, 3.8) is 0 Å². The summed E-state index contributed by atoms with van der Waals surface area (Å²) >= 11 is 0. The fourth-order valence-corrected chi connectivity index (χ4v) is 4.70. The number of carbonyl (C=O) groups excluding carboxylic acids is 1. The van der Waals surface area contributed by atoms with Crippen LogP contribution < -0.4 is 10.6 Å². The van der Waals surface area contributed by atoms with Crippen LogP contribution >= 0.6 is 0 Å². The van der Waals surface area contributed by atoms with E-state index in [9.17, 15) is 4.79 Å². The second kappa shape index (κ2) is 8.45. The van der Waals surface area contributed by atoms with Gasteiger partial charge in [-0.25, -0.2) is 0 Å². The van der Waals surface area contributed by atoms with Crippen molar-refractivity contribution in [1.82, 2.24) is 15.5 Å². The van der Waals surface area contributed by atoms with Gasteiger partial charge in [0, 0.05) is 39.2 Å². The van der Waals surface area contributed by atoms with Gasteiger partial charge in [0.15, 0.2) is 5.60 Å². The van der Waals surface area contributed by atoms with E-state index < -0.39 is 5.60 Å². The third-order valence-electron chi connectivity index (χ3n) is 6.58. The van der Waals surface area contributed by atoms with Gasteiger partial charge in [-0.1, -0.05) is 18.0 Å². The molecule has 3 fully saturated rings. The van der Waals surface area contributed by atoms with Crippen LogP contribution in [0.3, 0.4) is 0 Å². The van der Waals surface area contributed by atoms with Crippen molar-refractivity contribution in [3.8, 4) is 0 Å². The van der Waals surface area contributed by atoms with E-state index in [2.05, 4.69) is 20.7 Å². The van der Waals surface area contributed by atoms with E-state index in [0.717, 1.165) is 51.4 Å². The topological polar surface area (TPSA) is 75.2 Å². The van der Waals surface area contributed by atoms with Crippen LogP contribution in [0.2, 0.25) is 0 Å². The lowest BCUT2D eigenvalue weighted by Gasteiger charge is -2.44. The summed E-state index contributed by atoms with van der Waals surface area (Å²) in [6.45, 7) is 4.48. The highest BCUT2D eigenvalue weighted by molar-refractivity contribution is 6.39. The third kappa shape index (κ3) is 4.63. The smallest absolute Gasteiger partial charge is 0.269 e. The van der Waals surface area contributed by atoms with Crippen molar-refractivity contribution in [2.75, 3.05) is 39.9 Å². The van der Waals surface area contributed by atoms with E-state index in [-0.39, 0.29) is 11.9 Å². The first-order valence-electron chi connectivity index (χ1n) is 10.7. The Labute approximate surface area is 162 Å². The van der Waals surface area contributed by atoms with Crippen LogP contribution in [0.5, 0.6) is 0 Å². The number of hydrogen-bond acceptors (Lipinski definition) is 6. The molecule has 0 radical (unpaired) electrons. The lowest BCUT2D eigenvalue weighted by molar-refractivity contribution is -0.115. The van der Waals surface area contributed by atoms with Crippen molar-refractivity contribution < 1.29 is 14.4 Å². The molecule has 2 unspecified atom stereocenters. The summed E-state index contributed by atoms with van der Waals surface area (Å²) in [6.07, 6.45) is 8.86. The van der Waals surface area contributed by atoms with E-state index >= 15 is 0 Å². The van der Waals surface area contributed by atoms with Crippen LogP contribution in [0.15, 0.2) is 5.16 Å². The standard InChI is InChI=1S/C20H34N4O3/c1-26-11-10-24-9-8-18(21-13-15-6-7-15)20(14-24)12-17(23-27-20)19(25)22-16-4-2-3-5-16/h15-16,18,21H,2-14H2,1H3,(H,22,25). The number of carbonyl (C=O) groups is 1. The second-order valence-corrected chi connectivity index (χ2v) is 8.79. The molecular formula is C20H34N4O3. The molecule has 152 valence electrons. The highest BCUT2D eigenvalue weighted by Crippen LogP contribution is 2.35. The highest BCUT2D eigenvalue weighted by Gasteiger charge is 2.51. The number of ether oxygens (including phenoxy) is 1. The average molecular weight is 379 g/mol. The molecule has 4 rings (SSSR count). The Balaban J connectivity index is 1.38. The number of likely N-dealkylation sites (tertiary alicyclic amines) is 1. The summed E-state index contributed by atoms with van der Waals surface area (Å²) < 4.78 is 5.25. The summed E-state index contributed by atoms with van der Waals surface area (Å²) in [5.41, 5.74) is 0.136. The van der Waals surface area contributed by atoms with E-state index in [4.69, 9.17) is 9.57 Å². The van der Waals surface area contributed by atoms with Crippen LogP contribution in [-0.2, 0) is 14.4 Å². The number of amides is 1. The van der Waals surface area contributed by atoms with Crippen molar-refractivity contribution in [3.05, 3.63) is 0 Å². The molecule has 27 heavy (non-hydrogen) atoms. The first-order valence-corrected chi connectivity index (χ1v) is 10.7. The molecule has 2 atom stereocenters. The van der Waals surface area contributed by atoms with Gasteiger partial charge in [-0.15, -0.1) is 0 Å². The molecule has 0 aromatic carbocycles. The molecule has 0 aromatic heterocycles. The summed E-state index contributed by atoms with van der Waals surface area (Å²) in [4.78, 5) is 21.1. The zero-order valence-corrected chi connectivity index (χ0v) is 16.5. The molecule has 7 heteroatoms. The molecule has 1 amide bonds. The molecule has 0 aromatic rings. The van der Waals surface area contributed by atoms with Crippen LogP contribution in [0, 0.1) is 5.92 Å². The first-order chi connectivity index (χ1) is 13.2. The molecule has 2 aliphatic heterocycles. The summed E-state index contributed by atoms with van der Waals surface area (Å²) in [6, 6.07) is 0.558. The molecule has 2 aliphatic carbocycles. The van der Waals surface area contributed by atoms with Crippen LogP contribution in [0.1, 0.15) is 51.4 Å². The third-order valence-corrected chi connectivity index (χ3v) is 6.58. The molecule has 7 nitrogen and oxygen atoms in total. The normalized spacial score (nSPS) is 31.9. The first kappa shape index (κ1) is 19.2. The summed E-state index contributed by atoms with van der Waals surface area (Å²) in [5, 5.41) is 11.2. The van der Waals surface area contributed by atoms with Gasteiger partial charge >= 0.3 is 0 Å². The number of nitrogens with one attached hydrogen (secondary N) is 2. The fraction of sp³-hybridized carbons (Fsp3) is 0.900. The molecule has 2 N–H and O–H groups in total. The summed E-state index contributed by atoms with van der Waals surface area (Å²) in [5.74, 6) is 0.787. The van der Waals surface area contributed by atoms with Crippen molar-refractivity contribution in [1.29, 1.82) is 0 Å². The summed E-state index contributed by atoms with van der Waals surface area (Å²) in [7, 11) is 1.74. The van der Waals surface area contributed by atoms with Gasteiger partial charge in [-0.05, 0) is 44.6 Å². The predicted molar refractivity (Wildman–Crippen MR) is 104 cm³/mol. The minimum absolute atomic E-state index is 0.0336. The number of rotatable bonds is 8. The van der Waals surface area contributed by atoms with Gasteiger partial charge in [0.05, 0.1) is 12.6 Å². The Morgan fingerprint density at radius 1 is 1.30 bits per heavy atom. The number of methoxy groups -OCH3 is 1. The van der Waals surface area contributed by atoms with Gasteiger partial charge < -0.3 is 20.2 Å². The zero-order chi connectivity index (χ0) is 18.7. The van der Waals surface area contributed by atoms with E-state index in [1.54, 1.807) is 7.11 Å². The van der Waals surface area contributed by atoms with Crippen molar-refractivity contribution >= 4 is 11.6 Å². The molecule has 1 saturated heterocycles. The van der Waals surface area contributed by atoms with Gasteiger partial charge in [0.2, 0.25) is 0 Å². The maximum absolute atomic E-state index is 12.7. The molecule has 1 spiro atoms. The monoisotopic (exact) mass is 378 g/mol. The second-order valence-electron chi connectivity index (χ2n) is 8.79. The average Bonchev–Trinajstić information content (AvgIpc) is 3.18. The fourth-order valence-electron chi connectivity index (χ4n) is 4.70. The van der Waals surface area contributed by atoms with Crippen molar-refractivity contribution in [2.45, 2.75) is 69.1 Å². The van der Waals surface area contributed by atoms with Gasteiger partial charge in [0.1, 0.15) is 5.71 Å². The quantitative estimate of drug-likeness (QED) is 0.666. The molecule has 2 heterocycles. The minimum Gasteiger partial charge on any atom is -0.385 e. The number of nitrogens with zero attached hydrogens (tertiary/aromatic N) is 2. The van der Waals surface area contributed by atoms with E-state index in [1.165, 1.54) is 25.7 Å². The van der Waals surface area contributed by atoms with Gasteiger partial charge in [-0.2, -0.15) is 0 Å². The van der Waals surface area contributed by atoms with Crippen LogP contribution in [0.25, 0.3) is 0 Å². The molecule has 4 aliphatic rings. The molecule has 0 bridgehead atoms. The van der Waals surface area contributed by atoms with Crippen LogP contribution in [0.4, 0.5) is 0 Å². The molecule has 2 saturated carbocycles. The number of hydrogen-bond donors (Lipinski definition) is 2. The largest absolute Gasteiger partial charge is 0.385 e.